The average Bonchev–Trinajstić information content (AvgIpc) is 3.02. The highest BCUT2D eigenvalue weighted by Gasteiger charge is 2.16. The van der Waals surface area contributed by atoms with Crippen LogP contribution in [0.2, 0.25) is 0 Å². The van der Waals surface area contributed by atoms with E-state index in [0.717, 1.165) is 46.9 Å². The molecule has 35 heavy (non-hydrogen) atoms. The van der Waals surface area contributed by atoms with Crippen molar-refractivity contribution >= 4 is 28.7 Å². The van der Waals surface area contributed by atoms with Crippen LogP contribution in [0, 0.1) is 6.92 Å². The molecule has 0 atom stereocenters. The van der Waals surface area contributed by atoms with Crippen LogP contribution >= 0.6 is 11.8 Å². The topological polar surface area (TPSA) is 59.8 Å². The summed E-state index contributed by atoms with van der Waals surface area (Å²) in [6.45, 7) is 2.87. The summed E-state index contributed by atoms with van der Waals surface area (Å²) < 4.78 is 2.25. The quantitative estimate of drug-likeness (QED) is 0.239. The Morgan fingerprint density at radius 2 is 1.83 bits per heavy atom. The molecule has 0 saturated heterocycles. The van der Waals surface area contributed by atoms with Crippen LogP contribution in [0.25, 0.3) is 11.0 Å². The van der Waals surface area contributed by atoms with Gasteiger partial charge in [0.1, 0.15) is 0 Å². The molecule has 1 aliphatic carbocycles. The van der Waals surface area contributed by atoms with Crippen molar-refractivity contribution in [3.8, 4) is 0 Å². The van der Waals surface area contributed by atoms with Crippen LogP contribution in [0.3, 0.4) is 0 Å². The second-order valence-corrected chi connectivity index (χ2v) is 10.4. The molecule has 0 unspecified atom stereocenters. The Balaban J connectivity index is 1.27. The maximum Gasteiger partial charge on any atom is 0.251 e. The van der Waals surface area contributed by atoms with E-state index >= 15 is 0 Å². The summed E-state index contributed by atoms with van der Waals surface area (Å²) in [6, 6.07) is 18.9. The Hall–Kier alpha value is -3.12. The lowest BCUT2D eigenvalue weighted by Crippen LogP contribution is -2.34. The van der Waals surface area contributed by atoms with Gasteiger partial charge in [-0.25, -0.2) is 4.98 Å². The zero-order chi connectivity index (χ0) is 24.0. The molecule has 0 aliphatic heterocycles. The number of carbonyl (C=O) groups is 1. The van der Waals surface area contributed by atoms with Crippen molar-refractivity contribution in [3.63, 3.8) is 0 Å². The van der Waals surface area contributed by atoms with Crippen LogP contribution in [0.5, 0.6) is 0 Å². The highest BCUT2D eigenvalue weighted by Crippen LogP contribution is 2.28. The van der Waals surface area contributed by atoms with E-state index < -0.39 is 0 Å². The van der Waals surface area contributed by atoms with Gasteiger partial charge in [-0.1, -0.05) is 79.4 Å². The molecule has 2 aromatic carbocycles. The molecule has 2 aromatic heterocycles. The van der Waals surface area contributed by atoms with Gasteiger partial charge in [0.15, 0.2) is 5.16 Å². The summed E-state index contributed by atoms with van der Waals surface area (Å²) in [5, 5.41) is 4.22. The minimum absolute atomic E-state index is 0.0450. The van der Waals surface area contributed by atoms with Crippen LogP contribution in [-0.2, 0) is 12.3 Å². The number of pyridine rings is 1. The summed E-state index contributed by atoms with van der Waals surface area (Å²) in [4.78, 5) is 21.9. The summed E-state index contributed by atoms with van der Waals surface area (Å²) in [5.74, 6) is 0.832. The number of aromatic nitrogens is 3. The van der Waals surface area contributed by atoms with Crippen molar-refractivity contribution in [1.82, 2.24) is 19.9 Å². The van der Waals surface area contributed by atoms with Crippen molar-refractivity contribution < 1.29 is 4.79 Å². The second kappa shape index (κ2) is 11.1. The summed E-state index contributed by atoms with van der Waals surface area (Å²) in [5.41, 5.74) is 6.42. The largest absolute Gasteiger partial charge is 0.349 e. The Morgan fingerprint density at radius 3 is 2.60 bits per heavy atom. The number of hydrogen-bond donors (Lipinski definition) is 1. The number of nitrogens with one attached hydrogen (secondary N) is 1. The highest BCUT2D eigenvalue weighted by atomic mass is 32.2. The second-order valence-electron chi connectivity index (χ2n) is 9.48. The fourth-order valence-corrected chi connectivity index (χ4v) is 5.77. The molecule has 1 amide bonds. The number of imidazole rings is 1. The van der Waals surface area contributed by atoms with E-state index in [0.29, 0.717) is 6.04 Å². The standard InChI is InChI=1S/C29H32N4OS/c1-21-7-6-8-23(17-21)19-33-27-18-30-16-15-26(27)32-29(33)35-20-22-11-13-24(14-12-22)28(34)31-25-9-4-2-3-5-10-25/h6-8,11-18,25H,2-5,9-10,19-20H2,1H3,(H,31,34). The van der Waals surface area contributed by atoms with Crippen molar-refractivity contribution in [1.29, 1.82) is 0 Å². The molecule has 6 heteroatoms. The van der Waals surface area contributed by atoms with Gasteiger partial charge in [0.2, 0.25) is 0 Å². The van der Waals surface area contributed by atoms with Gasteiger partial charge in [-0.3, -0.25) is 9.78 Å². The lowest BCUT2D eigenvalue weighted by molar-refractivity contribution is 0.0933. The molecule has 1 aliphatic rings. The molecule has 0 spiro atoms. The van der Waals surface area contributed by atoms with Crippen molar-refractivity contribution in [2.75, 3.05) is 0 Å². The first-order chi connectivity index (χ1) is 17.2. The summed E-state index contributed by atoms with van der Waals surface area (Å²) in [7, 11) is 0. The zero-order valence-electron chi connectivity index (χ0n) is 20.2. The van der Waals surface area contributed by atoms with Crippen LogP contribution in [0.4, 0.5) is 0 Å². The molecule has 5 nitrogen and oxygen atoms in total. The number of hydrogen-bond acceptors (Lipinski definition) is 4. The fourth-order valence-electron chi connectivity index (χ4n) is 4.80. The van der Waals surface area contributed by atoms with E-state index in [1.165, 1.54) is 42.4 Å². The monoisotopic (exact) mass is 484 g/mol. The molecule has 5 rings (SSSR count). The lowest BCUT2D eigenvalue weighted by atomic mass is 10.1. The van der Waals surface area contributed by atoms with Crippen molar-refractivity contribution in [2.24, 2.45) is 0 Å². The molecule has 4 aromatic rings. The zero-order valence-corrected chi connectivity index (χ0v) is 21.1. The van der Waals surface area contributed by atoms with Gasteiger partial charge in [-0.05, 0) is 49.1 Å². The van der Waals surface area contributed by atoms with E-state index in [1.807, 2.05) is 24.4 Å². The number of benzene rings is 2. The van der Waals surface area contributed by atoms with E-state index in [4.69, 9.17) is 4.98 Å². The maximum absolute atomic E-state index is 12.7. The SMILES string of the molecule is Cc1cccc(Cn2c(SCc3ccc(C(=O)NC4CCCCCC4)cc3)nc3ccncc32)c1. The van der Waals surface area contributed by atoms with Gasteiger partial charge in [0.25, 0.3) is 5.91 Å². The molecule has 0 bridgehead atoms. The summed E-state index contributed by atoms with van der Waals surface area (Å²) in [6.07, 6.45) is 10.9. The van der Waals surface area contributed by atoms with Gasteiger partial charge in [-0.15, -0.1) is 0 Å². The number of rotatable bonds is 7. The minimum atomic E-state index is 0.0450. The first-order valence-corrected chi connectivity index (χ1v) is 13.5. The number of aryl methyl sites for hydroxylation is 1. The lowest BCUT2D eigenvalue weighted by Gasteiger charge is -2.16. The smallest absolute Gasteiger partial charge is 0.251 e. The Kier molecular flexibility index (Phi) is 7.48. The highest BCUT2D eigenvalue weighted by molar-refractivity contribution is 7.98. The van der Waals surface area contributed by atoms with E-state index in [1.54, 1.807) is 18.0 Å². The molecule has 1 fully saturated rings. The molecule has 1 saturated carbocycles. The number of thioether (sulfide) groups is 1. The van der Waals surface area contributed by atoms with Crippen LogP contribution in [-0.4, -0.2) is 26.5 Å². The third-order valence-corrected chi connectivity index (χ3v) is 7.76. The van der Waals surface area contributed by atoms with Gasteiger partial charge in [-0.2, -0.15) is 0 Å². The summed E-state index contributed by atoms with van der Waals surface area (Å²) >= 11 is 1.72. The molecular weight excluding hydrogens is 452 g/mol. The van der Waals surface area contributed by atoms with Crippen molar-refractivity contribution in [3.05, 3.63) is 89.2 Å². The van der Waals surface area contributed by atoms with Gasteiger partial charge < -0.3 is 9.88 Å². The maximum atomic E-state index is 12.7. The Morgan fingerprint density at radius 1 is 1.03 bits per heavy atom. The predicted molar refractivity (Wildman–Crippen MR) is 143 cm³/mol. The normalized spacial score (nSPS) is 14.7. The molecule has 2 heterocycles. The predicted octanol–water partition coefficient (Wildman–Crippen LogP) is 6.53. The molecule has 180 valence electrons. The van der Waals surface area contributed by atoms with E-state index in [-0.39, 0.29) is 5.91 Å². The Labute approximate surface area is 211 Å². The van der Waals surface area contributed by atoms with Crippen LogP contribution < -0.4 is 5.32 Å². The first-order valence-electron chi connectivity index (χ1n) is 12.5. The van der Waals surface area contributed by atoms with Crippen LogP contribution in [0.15, 0.2) is 72.1 Å². The molecular formula is C29H32N4OS. The van der Waals surface area contributed by atoms with E-state index in [9.17, 15) is 4.79 Å². The average molecular weight is 485 g/mol. The van der Waals surface area contributed by atoms with E-state index in [2.05, 4.69) is 58.2 Å². The number of carbonyl (C=O) groups excluding carboxylic acids is 1. The molecule has 1 N–H and O–H groups in total. The number of amides is 1. The van der Waals surface area contributed by atoms with Crippen LogP contribution in [0.1, 0.15) is 65.6 Å². The minimum Gasteiger partial charge on any atom is -0.349 e. The number of nitrogens with zero attached hydrogens (tertiary/aromatic N) is 3. The third kappa shape index (κ3) is 5.93. The van der Waals surface area contributed by atoms with Gasteiger partial charge >= 0.3 is 0 Å². The molecule has 0 radical (unpaired) electrons. The third-order valence-electron chi connectivity index (χ3n) is 6.71. The number of fused-ring (bicyclic) bond motifs is 1. The van der Waals surface area contributed by atoms with Gasteiger partial charge in [0, 0.05) is 23.6 Å². The van der Waals surface area contributed by atoms with Gasteiger partial charge in [0.05, 0.1) is 23.8 Å². The first kappa shape index (κ1) is 23.6. The Bertz CT molecular complexity index is 1290. The van der Waals surface area contributed by atoms with Crippen molar-refractivity contribution in [2.45, 2.75) is 68.9 Å². The fraction of sp³-hybridized carbons (Fsp3) is 0.345.